The Morgan fingerprint density at radius 3 is 2.43 bits per heavy atom. The predicted molar refractivity (Wildman–Crippen MR) is 70.3 cm³/mol. The van der Waals surface area contributed by atoms with Gasteiger partial charge < -0.3 is 9.42 Å². The van der Waals surface area contributed by atoms with E-state index in [0.29, 0.717) is 24.1 Å². The number of likely N-dealkylation sites (tertiary alicyclic amines) is 1. The average Bonchev–Trinajstić information content (AvgIpc) is 3.01. The van der Waals surface area contributed by atoms with E-state index in [-0.39, 0.29) is 24.1 Å². The molecule has 0 N–H and O–H groups in total. The first-order valence-corrected chi connectivity index (χ1v) is 6.67. The van der Waals surface area contributed by atoms with Gasteiger partial charge in [0.25, 0.3) is 0 Å². The molecule has 1 fully saturated rings. The Labute approximate surface area is 127 Å². The van der Waals surface area contributed by atoms with E-state index in [1.807, 2.05) is 0 Å². The van der Waals surface area contributed by atoms with E-state index in [1.165, 1.54) is 29.2 Å². The number of halogens is 3. The largest absolute Gasteiger partial charge is 0.471 e. The van der Waals surface area contributed by atoms with Crippen LogP contribution in [0, 0.1) is 0 Å². The first kappa shape index (κ1) is 15.2. The summed E-state index contributed by atoms with van der Waals surface area (Å²) < 4.78 is 41.4. The van der Waals surface area contributed by atoms with Gasteiger partial charge in [-0.15, -0.1) is 0 Å². The molecule has 1 aromatic heterocycles. The zero-order valence-electron chi connectivity index (χ0n) is 11.6. The summed E-state index contributed by atoms with van der Waals surface area (Å²) in [7, 11) is 0. The molecule has 6 nitrogen and oxygen atoms in total. The molecule has 0 bridgehead atoms. The molecule has 0 spiro atoms. The van der Waals surface area contributed by atoms with E-state index < -0.39 is 12.1 Å². The van der Waals surface area contributed by atoms with E-state index in [0.717, 1.165) is 0 Å². The Balaban J connectivity index is 1.73. The SMILES string of the molecule is O=C(CN1CCC1=O)c1ccc(-c2noc(C(F)(F)F)n2)cc1. The number of benzene rings is 1. The number of Topliss-reactive ketones (excluding diaryl/α,β-unsaturated/α-hetero) is 1. The van der Waals surface area contributed by atoms with Gasteiger partial charge in [-0.05, 0) is 0 Å². The number of hydrogen-bond donors (Lipinski definition) is 0. The summed E-state index contributed by atoms with van der Waals surface area (Å²) in [6, 6.07) is 5.75. The number of nitrogens with zero attached hydrogens (tertiary/aromatic N) is 3. The van der Waals surface area contributed by atoms with E-state index >= 15 is 0 Å². The second-order valence-electron chi connectivity index (χ2n) is 4.99. The molecule has 2 heterocycles. The maximum absolute atomic E-state index is 12.4. The fourth-order valence-corrected chi connectivity index (χ4v) is 2.05. The monoisotopic (exact) mass is 325 g/mol. The first-order valence-electron chi connectivity index (χ1n) is 6.67. The first-order chi connectivity index (χ1) is 10.8. The molecular weight excluding hydrogens is 315 g/mol. The minimum Gasteiger partial charge on any atom is -0.334 e. The van der Waals surface area contributed by atoms with Gasteiger partial charge in [0, 0.05) is 24.1 Å². The highest BCUT2D eigenvalue weighted by atomic mass is 19.4. The van der Waals surface area contributed by atoms with Gasteiger partial charge in [-0.3, -0.25) is 9.59 Å². The minimum atomic E-state index is -4.70. The molecule has 1 saturated heterocycles. The standard InChI is InChI=1S/C14H10F3N3O3/c15-14(16,17)13-18-12(19-23-13)9-3-1-8(2-4-9)10(21)7-20-6-5-11(20)22/h1-4H,5-7H2. The maximum atomic E-state index is 12.4. The normalized spacial score (nSPS) is 14.7. The van der Waals surface area contributed by atoms with Crippen molar-refractivity contribution in [2.24, 2.45) is 0 Å². The lowest BCUT2D eigenvalue weighted by atomic mass is 10.1. The van der Waals surface area contributed by atoms with Crippen molar-refractivity contribution in [1.82, 2.24) is 15.0 Å². The number of carbonyl (C=O) groups excluding carboxylic acids is 2. The van der Waals surface area contributed by atoms with Crippen LogP contribution in [-0.4, -0.2) is 39.8 Å². The fraction of sp³-hybridized carbons (Fsp3) is 0.286. The number of carbonyl (C=O) groups is 2. The van der Waals surface area contributed by atoms with Crippen LogP contribution in [0.1, 0.15) is 22.7 Å². The summed E-state index contributed by atoms with van der Waals surface area (Å²) >= 11 is 0. The molecular formula is C14H10F3N3O3. The number of alkyl halides is 3. The summed E-state index contributed by atoms with van der Waals surface area (Å²) in [5, 5.41) is 3.26. The van der Waals surface area contributed by atoms with Gasteiger partial charge in [-0.2, -0.15) is 18.2 Å². The molecule has 3 rings (SSSR count). The van der Waals surface area contributed by atoms with Gasteiger partial charge in [0.2, 0.25) is 11.7 Å². The summed E-state index contributed by atoms with van der Waals surface area (Å²) in [6.45, 7) is 0.560. The van der Waals surface area contributed by atoms with Crippen molar-refractivity contribution in [3.8, 4) is 11.4 Å². The maximum Gasteiger partial charge on any atom is 0.471 e. The van der Waals surface area contributed by atoms with Gasteiger partial charge in [0.15, 0.2) is 5.78 Å². The Kier molecular flexibility index (Phi) is 3.63. The van der Waals surface area contributed by atoms with Gasteiger partial charge in [0.05, 0.1) is 6.54 Å². The molecule has 120 valence electrons. The molecule has 1 aliphatic rings. The van der Waals surface area contributed by atoms with Crippen molar-refractivity contribution in [2.45, 2.75) is 12.6 Å². The summed E-state index contributed by atoms with van der Waals surface area (Å²) in [5.41, 5.74) is 0.647. The lowest BCUT2D eigenvalue weighted by Crippen LogP contribution is -2.46. The molecule has 9 heteroatoms. The lowest BCUT2D eigenvalue weighted by Gasteiger charge is -2.29. The number of aromatic nitrogens is 2. The van der Waals surface area contributed by atoms with Crippen LogP contribution in [0.15, 0.2) is 28.8 Å². The zero-order valence-corrected chi connectivity index (χ0v) is 11.6. The molecule has 0 atom stereocenters. The van der Waals surface area contributed by atoms with Crippen molar-refractivity contribution >= 4 is 11.7 Å². The van der Waals surface area contributed by atoms with Crippen molar-refractivity contribution < 1.29 is 27.3 Å². The average molecular weight is 325 g/mol. The van der Waals surface area contributed by atoms with Crippen molar-refractivity contribution in [3.63, 3.8) is 0 Å². The molecule has 0 aliphatic carbocycles. The van der Waals surface area contributed by atoms with Crippen LogP contribution in [0.2, 0.25) is 0 Å². The van der Waals surface area contributed by atoms with Crippen LogP contribution in [0.5, 0.6) is 0 Å². The molecule has 0 unspecified atom stereocenters. The summed E-state index contributed by atoms with van der Waals surface area (Å²) in [4.78, 5) is 27.9. The fourth-order valence-electron chi connectivity index (χ4n) is 2.05. The lowest BCUT2D eigenvalue weighted by molar-refractivity contribution is -0.159. The van der Waals surface area contributed by atoms with Crippen LogP contribution >= 0.6 is 0 Å². The third-order valence-electron chi connectivity index (χ3n) is 3.42. The highest BCUT2D eigenvalue weighted by Gasteiger charge is 2.38. The second kappa shape index (κ2) is 5.49. The van der Waals surface area contributed by atoms with Gasteiger partial charge in [0.1, 0.15) is 0 Å². The Bertz CT molecular complexity index is 753. The van der Waals surface area contributed by atoms with Crippen molar-refractivity contribution in [1.29, 1.82) is 0 Å². The van der Waals surface area contributed by atoms with Crippen molar-refractivity contribution in [2.75, 3.05) is 13.1 Å². The van der Waals surface area contributed by atoms with Gasteiger partial charge >= 0.3 is 12.1 Å². The molecule has 0 radical (unpaired) electrons. The molecule has 1 amide bonds. The number of rotatable bonds is 4. The third kappa shape index (κ3) is 3.08. The Morgan fingerprint density at radius 1 is 1.26 bits per heavy atom. The smallest absolute Gasteiger partial charge is 0.334 e. The van der Waals surface area contributed by atoms with Crippen LogP contribution < -0.4 is 0 Å². The van der Waals surface area contributed by atoms with Crippen molar-refractivity contribution in [3.05, 3.63) is 35.7 Å². The molecule has 0 saturated carbocycles. The van der Waals surface area contributed by atoms with E-state index in [4.69, 9.17) is 0 Å². The Morgan fingerprint density at radius 2 is 1.96 bits per heavy atom. The quantitative estimate of drug-likeness (QED) is 0.636. The number of β-lactam (4-membered cyclic amide) rings is 1. The number of ketones is 1. The molecule has 23 heavy (non-hydrogen) atoms. The van der Waals surface area contributed by atoms with E-state index in [9.17, 15) is 22.8 Å². The highest BCUT2D eigenvalue weighted by Crippen LogP contribution is 2.29. The van der Waals surface area contributed by atoms with Crippen LogP contribution in [0.4, 0.5) is 13.2 Å². The summed E-state index contributed by atoms with van der Waals surface area (Å²) in [6.07, 6.45) is -4.25. The minimum absolute atomic E-state index is 0.00138. The predicted octanol–water partition coefficient (Wildman–Crippen LogP) is 2.17. The number of hydrogen-bond acceptors (Lipinski definition) is 5. The molecule has 1 aromatic carbocycles. The third-order valence-corrected chi connectivity index (χ3v) is 3.42. The summed E-state index contributed by atoms with van der Waals surface area (Å²) in [5.74, 6) is -1.95. The molecule has 2 aromatic rings. The van der Waals surface area contributed by atoms with Gasteiger partial charge in [-0.1, -0.05) is 29.4 Å². The topological polar surface area (TPSA) is 76.3 Å². The Hall–Kier alpha value is -2.71. The van der Waals surface area contributed by atoms with E-state index in [1.54, 1.807) is 0 Å². The zero-order chi connectivity index (χ0) is 16.6. The van der Waals surface area contributed by atoms with Crippen LogP contribution in [0.25, 0.3) is 11.4 Å². The van der Waals surface area contributed by atoms with Crippen LogP contribution in [-0.2, 0) is 11.0 Å². The van der Waals surface area contributed by atoms with Crippen LogP contribution in [0.3, 0.4) is 0 Å². The van der Waals surface area contributed by atoms with Gasteiger partial charge in [-0.25, -0.2) is 0 Å². The number of amides is 1. The highest BCUT2D eigenvalue weighted by molar-refractivity contribution is 6.00. The second-order valence-corrected chi connectivity index (χ2v) is 4.99. The molecule has 1 aliphatic heterocycles. The van der Waals surface area contributed by atoms with E-state index in [2.05, 4.69) is 14.7 Å².